The highest BCUT2D eigenvalue weighted by atomic mass is 16.5. The second-order valence-electron chi connectivity index (χ2n) is 5.33. The molecule has 7 heteroatoms. The Bertz CT molecular complexity index is 672. The van der Waals surface area contributed by atoms with Crippen LogP contribution in [-0.2, 0) is 11.3 Å². The molecular formula is C19H26N4O3. The summed E-state index contributed by atoms with van der Waals surface area (Å²) in [6, 6.07) is 11.2. The van der Waals surface area contributed by atoms with Gasteiger partial charge in [-0.3, -0.25) is 4.99 Å². The van der Waals surface area contributed by atoms with Gasteiger partial charge in [0.25, 0.3) is 0 Å². The van der Waals surface area contributed by atoms with E-state index in [0.29, 0.717) is 37.9 Å². The second kappa shape index (κ2) is 10.9. The third-order valence-electron chi connectivity index (χ3n) is 3.51. The molecule has 7 nitrogen and oxygen atoms in total. The smallest absolute Gasteiger partial charge is 0.219 e. The molecule has 140 valence electrons. The molecule has 2 N–H and O–H groups in total. The van der Waals surface area contributed by atoms with Gasteiger partial charge in [0.1, 0.15) is 11.5 Å². The number of methoxy groups -OCH3 is 1. The summed E-state index contributed by atoms with van der Waals surface area (Å²) >= 11 is 0. The first-order valence-corrected chi connectivity index (χ1v) is 8.54. The molecule has 26 heavy (non-hydrogen) atoms. The van der Waals surface area contributed by atoms with Gasteiger partial charge in [-0.05, 0) is 36.8 Å². The Morgan fingerprint density at radius 3 is 2.46 bits per heavy atom. The summed E-state index contributed by atoms with van der Waals surface area (Å²) in [5.74, 6) is 2.76. The zero-order valence-electron chi connectivity index (χ0n) is 15.5. The molecule has 0 spiro atoms. The highest BCUT2D eigenvalue weighted by molar-refractivity contribution is 5.79. The van der Waals surface area contributed by atoms with Gasteiger partial charge in [0.15, 0.2) is 5.96 Å². The summed E-state index contributed by atoms with van der Waals surface area (Å²) in [5, 5.41) is 6.42. The molecule has 1 aromatic heterocycles. The van der Waals surface area contributed by atoms with E-state index in [9.17, 15) is 0 Å². The Morgan fingerprint density at radius 2 is 1.85 bits per heavy atom. The van der Waals surface area contributed by atoms with Crippen molar-refractivity contribution in [2.24, 2.45) is 4.99 Å². The lowest BCUT2D eigenvalue weighted by atomic mass is 10.3. The van der Waals surface area contributed by atoms with Crippen molar-refractivity contribution >= 4 is 5.96 Å². The van der Waals surface area contributed by atoms with Crippen molar-refractivity contribution in [1.29, 1.82) is 0 Å². The molecular weight excluding hydrogens is 332 g/mol. The molecule has 1 heterocycles. The van der Waals surface area contributed by atoms with E-state index in [1.54, 1.807) is 20.4 Å². The molecule has 2 rings (SSSR count). The molecule has 0 fully saturated rings. The Balaban J connectivity index is 1.80. The summed E-state index contributed by atoms with van der Waals surface area (Å²) in [6.07, 6.45) is 1.78. The van der Waals surface area contributed by atoms with Crippen LogP contribution < -0.4 is 20.1 Å². The van der Waals surface area contributed by atoms with Crippen LogP contribution >= 0.6 is 0 Å². The number of nitrogens with one attached hydrogen (secondary N) is 2. The fraction of sp³-hybridized carbons (Fsp3) is 0.368. The molecule has 0 aliphatic carbocycles. The van der Waals surface area contributed by atoms with Crippen molar-refractivity contribution in [3.63, 3.8) is 0 Å². The Morgan fingerprint density at radius 1 is 1.08 bits per heavy atom. The topological polar surface area (TPSA) is 77.0 Å². The molecule has 0 amide bonds. The van der Waals surface area contributed by atoms with Gasteiger partial charge in [-0.1, -0.05) is 6.07 Å². The number of aliphatic imine (C=N–C) groups is 1. The Hall–Kier alpha value is -2.80. The number of rotatable bonds is 9. The van der Waals surface area contributed by atoms with Crippen molar-refractivity contribution in [1.82, 2.24) is 15.6 Å². The Labute approximate surface area is 154 Å². The van der Waals surface area contributed by atoms with Crippen LogP contribution in [0.15, 0.2) is 47.6 Å². The summed E-state index contributed by atoms with van der Waals surface area (Å²) in [7, 11) is 3.37. The van der Waals surface area contributed by atoms with Crippen LogP contribution in [-0.4, -0.2) is 44.9 Å². The van der Waals surface area contributed by atoms with Gasteiger partial charge >= 0.3 is 0 Å². The van der Waals surface area contributed by atoms with Crippen molar-refractivity contribution in [2.45, 2.75) is 13.5 Å². The number of hydrogen-bond acceptors (Lipinski definition) is 5. The maximum atomic E-state index is 5.72. The van der Waals surface area contributed by atoms with Crippen molar-refractivity contribution in [3.8, 4) is 17.4 Å². The van der Waals surface area contributed by atoms with Crippen molar-refractivity contribution in [3.05, 3.63) is 48.2 Å². The minimum absolute atomic E-state index is 0.540. The number of aromatic nitrogens is 1. The number of guanidine groups is 1. The highest BCUT2D eigenvalue weighted by Gasteiger charge is 2.02. The fourth-order valence-corrected chi connectivity index (χ4v) is 2.13. The van der Waals surface area contributed by atoms with Crippen molar-refractivity contribution in [2.75, 3.05) is 33.9 Å². The summed E-state index contributed by atoms with van der Waals surface area (Å²) < 4.78 is 16.1. The lowest BCUT2D eigenvalue weighted by molar-refractivity contribution is 0.152. The number of nitrogens with zero attached hydrogens (tertiary/aromatic N) is 2. The van der Waals surface area contributed by atoms with Gasteiger partial charge < -0.3 is 24.8 Å². The van der Waals surface area contributed by atoms with Gasteiger partial charge in [0.05, 0.1) is 13.7 Å². The first-order valence-electron chi connectivity index (χ1n) is 8.54. The summed E-state index contributed by atoms with van der Waals surface area (Å²) in [6.45, 7) is 4.66. The van der Waals surface area contributed by atoms with E-state index < -0.39 is 0 Å². The van der Waals surface area contributed by atoms with Gasteiger partial charge in [-0.2, -0.15) is 0 Å². The van der Waals surface area contributed by atoms with Gasteiger partial charge in [-0.15, -0.1) is 0 Å². The average Bonchev–Trinajstić information content (AvgIpc) is 2.69. The largest absolute Gasteiger partial charge is 0.497 e. The molecule has 2 aromatic rings. The van der Waals surface area contributed by atoms with Crippen LogP contribution in [0.4, 0.5) is 0 Å². The lowest BCUT2D eigenvalue weighted by Crippen LogP contribution is -2.38. The minimum atomic E-state index is 0.540. The van der Waals surface area contributed by atoms with Gasteiger partial charge in [0, 0.05) is 39.0 Å². The number of hydrogen-bond donors (Lipinski definition) is 2. The molecule has 0 saturated heterocycles. The molecule has 0 bridgehead atoms. The maximum absolute atomic E-state index is 5.72. The zero-order chi connectivity index (χ0) is 18.6. The van der Waals surface area contributed by atoms with Gasteiger partial charge in [0.2, 0.25) is 5.88 Å². The SMILES string of the molecule is CCOCCNC(=NC)NCc1ccc(Oc2ccc(OC)cc2)nc1. The number of pyridine rings is 1. The van der Waals surface area contributed by atoms with E-state index >= 15 is 0 Å². The molecule has 0 saturated carbocycles. The Kier molecular flexibility index (Phi) is 8.21. The molecule has 0 atom stereocenters. The normalized spacial score (nSPS) is 11.1. The zero-order valence-corrected chi connectivity index (χ0v) is 15.5. The lowest BCUT2D eigenvalue weighted by Gasteiger charge is -2.12. The van der Waals surface area contributed by atoms with Crippen molar-refractivity contribution < 1.29 is 14.2 Å². The highest BCUT2D eigenvalue weighted by Crippen LogP contribution is 2.22. The van der Waals surface area contributed by atoms with E-state index in [-0.39, 0.29) is 0 Å². The molecule has 1 aromatic carbocycles. The van der Waals surface area contributed by atoms with E-state index in [1.807, 2.05) is 43.3 Å². The third kappa shape index (κ3) is 6.60. The van der Waals surface area contributed by atoms with Crippen LogP contribution in [0.1, 0.15) is 12.5 Å². The summed E-state index contributed by atoms with van der Waals surface area (Å²) in [4.78, 5) is 8.50. The molecule has 0 aliphatic rings. The standard InChI is InChI=1S/C19H26N4O3/c1-4-25-12-11-21-19(20-2)23-14-15-5-10-18(22-13-15)26-17-8-6-16(24-3)7-9-17/h5-10,13H,4,11-12,14H2,1-3H3,(H2,20,21,23). The summed E-state index contributed by atoms with van der Waals surface area (Å²) in [5.41, 5.74) is 1.03. The fourth-order valence-electron chi connectivity index (χ4n) is 2.13. The number of ether oxygens (including phenoxy) is 3. The minimum Gasteiger partial charge on any atom is -0.497 e. The van der Waals surface area contributed by atoms with E-state index in [1.165, 1.54) is 0 Å². The third-order valence-corrected chi connectivity index (χ3v) is 3.51. The van der Waals surface area contributed by atoms with E-state index in [4.69, 9.17) is 14.2 Å². The van der Waals surface area contributed by atoms with Crippen LogP contribution in [0, 0.1) is 0 Å². The molecule has 0 radical (unpaired) electrons. The first kappa shape index (κ1) is 19.5. The predicted octanol–water partition coefficient (Wildman–Crippen LogP) is 2.58. The molecule has 0 aliphatic heterocycles. The average molecular weight is 358 g/mol. The maximum Gasteiger partial charge on any atom is 0.219 e. The van der Waals surface area contributed by atoms with Crippen LogP contribution in [0.25, 0.3) is 0 Å². The first-order chi connectivity index (χ1) is 12.7. The number of benzene rings is 1. The van der Waals surface area contributed by atoms with E-state index in [2.05, 4.69) is 20.6 Å². The van der Waals surface area contributed by atoms with Gasteiger partial charge in [-0.25, -0.2) is 4.98 Å². The predicted molar refractivity (Wildman–Crippen MR) is 102 cm³/mol. The van der Waals surface area contributed by atoms with Crippen LogP contribution in [0.3, 0.4) is 0 Å². The monoisotopic (exact) mass is 358 g/mol. The molecule has 0 unspecified atom stereocenters. The van der Waals surface area contributed by atoms with Crippen LogP contribution in [0.5, 0.6) is 17.4 Å². The van der Waals surface area contributed by atoms with E-state index in [0.717, 1.165) is 17.3 Å². The quantitative estimate of drug-likeness (QED) is 0.408. The second-order valence-corrected chi connectivity index (χ2v) is 5.33. The van der Waals surface area contributed by atoms with Crippen LogP contribution in [0.2, 0.25) is 0 Å².